The minimum absolute atomic E-state index is 0.161. The zero-order chi connectivity index (χ0) is 13.9. The van der Waals surface area contributed by atoms with Gasteiger partial charge >= 0.3 is 0 Å². The van der Waals surface area contributed by atoms with E-state index in [1.165, 1.54) is 5.56 Å². The first-order chi connectivity index (χ1) is 9.75. The summed E-state index contributed by atoms with van der Waals surface area (Å²) in [5, 5.41) is 0. The second-order valence-electron chi connectivity index (χ2n) is 5.13. The van der Waals surface area contributed by atoms with Crippen LogP contribution in [-0.2, 0) is 0 Å². The molecule has 2 aromatic carbocycles. The van der Waals surface area contributed by atoms with E-state index >= 15 is 0 Å². The molecule has 1 aliphatic heterocycles. The molecule has 2 aromatic rings. The van der Waals surface area contributed by atoms with Crippen molar-refractivity contribution in [2.45, 2.75) is 12.3 Å². The van der Waals surface area contributed by atoms with Crippen molar-refractivity contribution in [1.29, 1.82) is 0 Å². The normalized spacial score (nSPS) is 18.2. The Morgan fingerprint density at radius 2 is 1.75 bits per heavy atom. The van der Waals surface area contributed by atoms with Crippen molar-refractivity contribution in [3.8, 4) is 0 Å². The fourth-order valence-corrected chi connectivity index (χ4v) is 3.37. The molecule has 3 heteroatoms. The Bertz CT molecular complexity index is 611. The molecule has 1 atom stereocenters. The van der Waals surface area contributed by atoms with Crippen LogP contribution in [0.25, 0.3) is 0 Å². The minimum atomic E-state index is 0.161. The molecule has 1 heterocycles. The number of likely N-dealkylation sites (tertiary alicyclic amines) is 1. The third kappa shape index (κ3) is 2.73. The Morgan fingerprint density at radius 3 is 2.50 bits per heavy atom. The van der Waals surface area contributed by atoms with E-state index in [2.05, 4.69) is 46.9 Å². The van der Waals surface area contributed by atoms with Crippen LogP contribution in [-0.4, -0.2) is 23.9 Å². The highest BCUT2D eigenvalue weighted by molar-refractivity contribution is 14.1. The summed E-state index contributed by atoms with van der Waals surface area (Å²) in [6, 6.07) is 18.3. The molecule has 20 heavy (non-hydrogen) atoms. The fourth-order valence-electron chi connectivity index (χ4n) is 2.75. The molecule has 2 nitrogen and oxygen atoms in total. The summed E-state index contributed by atoms with van der Waals surface area (Å²) in [5.74, 6) is 0.634. The lowest BCUT2D eigenvalue weighted by Gasteiger charge is -2.17. The van der Waals surface area contributed by atoms with Crippen molar-refractivity contribution in [1.82, 2.24) is 4.90 Å². The number of benzene rings is 2. The summed E-state index contributed by atoms with van der Waals surface area (Å²) in [5.41, 5.74) is 2.16. The van der Waals surface area contributed by atoms with Crippen LogP contribution in [0, 0.1) is 3.57 Å². The third-order valence-electron chi connectivity index (χ3n) is 3.85. The van der Waals surface area contributed by atoms with Crippen LogP contribution in [0.5, 0.6) is 0 Å². The molecular formula is C17H16INO. The lowest BCUT2D eigenvalue weighted by atomic mass is 9.99. The largest absolute Gasteiger partial charge is 0.338 e. The Morgan fingerprint density at radius 1 is 1.05 bits per heavy atom. The molecule has 102 valence electrons. The van der Waals surface area contributed by atoms with E-state index in [0.717, 1.165) is 28.6 Å². The molecule has 1 saturated heterocycles. The Kier molecular flexibility index (Phi) is 4.05. The van der Waals surface area contributed by atoms with E-state index < -0.39 is 0 Å². The fraction of sp³-hybridized carbons (Fsp3) is 0.235. The summed E-state index contributed by atoms with van der Waals surface area (Å²) in [7, 11) is 0. The molecule has 0 saturated carbocycles. The van der Waals surface area contributed by atoms with Gasteiger partial charge in [0.1, 0.15) is 0 Å². The Labute approximate surface area is 132 Å². The van der Waals surface area contributed by atoms with E-state index in [1.54, 1.807) is 0 Å². The predicted molar refractivity (Wildman–Crippen MR) is 88.9 cm³/mol. The van der Waals surface area contributed by atoms with Gasteiger partial charge in [0.05, 0.1) is 5.56 Å². The number of hydrogen-bond acceptors (Lipinski definition) is 1. The van der Waals surface area contributed by atoms with Gasteiger partial charge in [0.2, 0.25) is 0 Å². The average molecular weight is 377 g/mol. The lowest BCUT2D eigenvalue weighted by Crippen LogP contribution is -2.29. The first-order valence-corrected chi connectivity index (χ1v) is 7.92. The highest BCUT2D eigenvalue weighted by Crippen LogP contribution is 2.28. The topological polar surface area (TPSA) is 20.3 Å². The maximum absolute atomic E-state index is 12.6. The number of rotatable bonds is 2. The Hall–Kier alpha value is -1.36. The number of nitrogens with zero attached hydrogens (tertiary/aromatic N) is 1. The van der Waals surface area contributed by atoms with Gasteiger partial charge in [-0.2, -0.15) is 0 Å². The SMILES string of the molecule is O=C(c1ccccc1I)N1CC[C@@H](c2ccccc2)C1. The first-order valence-electron chi connectivity index (χ1n) is 6.84. The van der Waals surface area contributed by atoms with Crippen LogP contribution < -0.4 is 0 Å². The van der Waals surface area contributed by atoms with Crippen molar-refractivity contribution >= 4 is 28.5 Å². The molecule has 0 aromatic heterocycles. The Balaban J connectivity index is 1.75. The summed E-state index contributed by atoms with van der Waals surface area (Å²) in [6.07, 6.45) is 1.05. The molecule has 1 amide bonds. The zero-order valence-corrected chi connectivity index (χ0v) is 13.3. The average Bonchev–Trinajstić information content (AvgIpc) is 2.98. The van der Waals surface area contributed by atoms with Gasteiger partial charge in [0.15, 0.2) is 0 Å². The number of carbonyl (C=O) groups is 1. The summed E-state index contributed by atoms with van der Waals surface area (Å²) in [4.78, 5) is 14.5. The molecule has 0 N–H and O–H groups in total. The third-order valence-corrected chi connectivity index (χ3v) is 4.79. The zero-order valence-electron chi connectivity index (χ0n) is 11.1. The maximum Gasteiger partial charge on any atom is 0.254 e. The molecule has 0 bridgehead atoms. The van der Waals surface area contributed by atoms with Gasteiger partial charge in [-0.1, -0.05) is 42.5 Å². The van der Waals surface area contributed by atoms with Gasteiger partial charge in [-0.05, 0) is 46.7 Å². The highest BCUT2D eigenvalue weighted by Gasteiger charge is 2.28. The monoisotopic (exact) mass is 377 g/mol. The molecule has 3 rings (SSSR count). The van der Waals surface area contributed by atoms with Crippen molar-refractivity contribution in [2.24, 2.45) is 0 Å². The van der Waals surface area contributed by atoms with Gasteiger partial charge in [0.25, 0.3) is 5.91 Å². The van der Waals surface area contributed by atoms with Crippen LogP contribution >= 0.6 is 22.6 Å². The number of hydrogen-bond donors (Lipinski definition) is 0. The predicted octanol–water partition coefficient (Wildman–Crippen LogP) is 3.92. The summed E-state index contributed by atoms with van der Waals surface area (Å²) >= 11 is 2.23. The summed E-state index contributed by atoms with van der Waals surface area (Å²) in [6.45, 7) is 1.68. The van der Waals surface area contributed by atoms with Gasteiger partial charge in [-0.3, -0.25) is 4.79 Å². The second kappa shape index (κ2) is 5.95. The van der Waals surface area contributed by atoms with Gasteiger partial charge in [-0.25, -0.2) is 0 Å². The maximum atomic E-state index is 12.6. The number of halogens is 1. The van der Waals surface area contributed by atoms with Gasteiger partial charge in [-0.15, -0.1) is 0 Å². The van der Waals surface area contributed by atoms with Crippen LogP contribution in [0.2, 0.25) is 0 Å². The molecular weight excluding hydrogens is 361 g/mol. The van der Waals surface area contributed by atoms with Crippen molar-refractivity contribution in [2.75, 3.05) is 13.1 Å². The molecule has 1 aliphatic rings. The van der Waals surface area contributed by atoms with Gasteiger partial charge < -0.3 is 4.90 Å². The molecule has 0 aliphatic carbocycles. The van der Waals surface area contributed by atoms with Crippen LogP contribution in [0.1, 0.15) is 28.3 Å². The van der Waals surface area contributed by atoms with Crippen molar-refractivity contribution in [3.05, 3.63) is 69.3 Å². The molecule has 0 radical (unpaired) electrons. The standard InChI is InChI=1S/C17H16INO/c18-16-9-5-4-8-15(16)17(20)19-11-10-14(12-19)13-6-2-1-3-7-13/h1-9,14H,10-12H2/t14-/m1/s1. The van der Waals surface area contributed by atoms with E-state index in [-0.39, 0.29) is 5.91 Å². The minimum Gasteiger partial charge on any atom is -0.338 e. The second-order valence-corrected chi connectivity index (χ2v) is 6.29. The van der Waals surface area contributed by atoms with Crippen LogP contribution in [0.3, 0.4) is 0 Å². The van der Waals surface area contributed by atoms with Crippen molar-refractivity contribution in [3.63, 3.8) is 0 Å². The number of amides is 1. The molecule has 0 spiro atoms. The number of carbonyl (C=O) groups excluding carboxylic acids is 1. The van der Waals surface area contributed by atoms with Crippen molar-refractivity contribution < 1.29 is 4.79 Å². The quantitative estimate of drug-likeness (QED) is 0.727. The van der Waals surface area contributed by atoms with E-state index in [1.807, 2.05) is 35.2 Å². The first kappa shape index (κ1) is 13.6. The van der Waals surface area contributed by atoms with E-state index in [9.17, 15) is 4.79 Å². The van der Waals surface area contributed by atoms with Gasteiger partial charge in [0, 0.05) is 22.6 Å². The molecule has 1 fully saturated rings. The lowest BCUT2D eigenvalue weighted by molar-refractivity contribution is 0.0790. The summed E-state index contributed by atoms with van der Waals surface area (Å²) < 4.78 is 1.03. The van der Waals surface area contributed by atoms with Crippen LogP contribution in [0.4, 0.5) is 0 Å². The van der Waals surface area contributed by atoms with Crippen LogP contribution in [0.15, 0.2) is 54.6 Å². The van der Waals surface area contributed by atoms with E-state index in [0.29, 0.717) is 5.92 Å². The highest BCUT2D eigenvalue weighted by atomic mass is 127. The van der Waals surface area contributed by atoms with E-state index in [4.69, 9.17) is 0 Å². The smallest absolute Gasteiger partial charge is 0.254 e. The molecule has 0 unspecified atom stereocenters.